The van der Waals surface area contributed by atoms with Crippen LogP contribution >= 0.6 is 24.4 Å². The zero-order valence-corrected chi connectivity index (χ0v) is 18.8. The van der Waals surface area contributed by atoms with Gasteiger partial charge in [-0.05, 0) is 49.4 Å². The minimum absolute atomic E-state index is 0.0296. The summed E-state index contributed by atoms with van der Waals surface area (Å²) in [5.41, 5.74) is 8.16. The van der Waals surface area contributed by atoms with Gasteiger partial charge in [-0.3, -0.25) is 4.79 Å². The van der Waals surface area contributed by atoms with Crippen LogP contribution in [0.25, 0.3) is 0 Å². The first-order valence-corrected chi connectivity index (χ1v) is 9.95. The van der Waals surface area contributed by atoms with Crippen molar-refractivity contribution in [2.24, 2.45) is 11.5 Å². The van der Waals surface area contributed by atoms with Gasteiger partial charge in [0, 0.05) is 11.1 Å². The van der Waals surface area contributed by atoms with Crippen LogP contribution in [0.1, 0.15) is 28.4 Å². The molecule has 0 spiro atoms. The molecule has 1 amide bonds. The number of nitrogens with two attached hydrogens (primary N) is 2. The van der Waals surface area contributed by atoms with E-state index in [2.05, 4.69) is 10.1 Å². The average molecular weight is 525 g/mol. The number of carbonyl (C=O) groups excluding carboxylic acids is 1. The van der Waals surface area contributed by atoms with Crippen LogP contribution in [-0.2, 0) is 6.18 Å². The number of amides is 1. The van der Waals surface area contributed by atoms with Crippen molar-refractivity contribution >= 4 is 40.3 Å². The molecule has 0 aliphatic heterocycles. The van der Waals surface area contributed by atoms with E-state index in [0.29, 0.717) is 0 Å². The lowest BCUT2D eigenvalue weighted by Crippen LogP contribution is -2.58. The van der Waals surface area contributed by atoms with E-state index in [1.165, 1.54) is 13.0 Å². The third-order valence-electron chi connectivity index (χ3n) is 4.37. The second-order valence-corrected chi connectivity index (χ2v) is 7.96. The molecule has 1 unspecified atom stereocenters. The van der Waals surface area contributed by atoms with E-state index in [9.17, 15) is 31.1 Å². The summed E-state index contributed by atoms with van der Waals surface area (Å²) < 4.78 is 86.3. The molecule has 0 aromatic heterocycles. The maximum absolute atomic E-state index is 13.5. The number of rotatable bonds is 8. The van der Waals surface area contributed by atoms with E-state index < -0.39 is 47.7 Å². The van der Waals surface area contributed by atoms with Crippen molar-refractivity contribution in [2.75, 3.05) is 6.61 Å². The quantitative estimate of drug-likeness (QED) is 0.353. The summed E-state index contributed by atoms with van der Waals surface area (Å²) in [7, 11) is 0. The normalized spacial score (nSPS) is 13.5. The predicted molar refractivity (Wildman–Crippen MR) is 119 cm³/mol. The van der Waals surface area contributed by atoms with E-state index in [1.807, 2.05) is 0 Å². The third-order valence-corrected chi connectivity index (χ3v) is 5.06. The lowest BCUT2D eigenvalue weighted by molar-refractivity contribution is -0.274. The van der Waals surface area contributed by atoms with Crippen molar-refractivity contribution in [1.82, 2.24) is 5.32 Å². The van der Waals surface area contributed by atoms with Gasteiger partial charge in [-0.25, -0.2) is 0 Å². The van der Waals surface area contributed by atoms with Gasteiger partial charge in [0.1, 0.15) is 33.6 Å². The molecule has 184 valence electrons. The Kier molecular flexibility index (Phi) is 7.98. The highest BCUT2D eigenvalue weighted by Crippen LogP contribution is 2.37. The fourth-order valence-corrected chi connectivity index (χ4v) is 2.79. The molecule has 6 nitrogen and oxygen atoms in total. The fourth-order valence-electron chi connectivity index (χ4n) is 2.55. The molecule has 34 heavy (non-hydrogen) atoms. The van der Waals surface area contributed by atoms with Gasteiger partial charge < -0.3 is 26.3 Å². The summed E-state index contributed by atoms with van der Waals surface area (Å²) in [6, 6.07) is 6.89. The first-order valence-electron chi connectivity index (χ1n) is 9.14. The van der Waals surface area contributed by atoms with E-state index >= 15 is 0 Å². The molecular weight excluding hydrogens is 508 g/mol. The maximum atomic E-state index is 13.5. The molecule has 2 aromatic rings. The van der Waals surface area contributed by atoms with Gasteiger partial charge in [0.2, 0.25) is 0 Å². The first kappa shape index (κ1) is 27.1. The molecule has 1 atom stereocenters. The standard InChI is InChI=1S/C20H17F6N3O3S2/c1-18(17(28)34,29-16(30)10-2-5-12(6-3-10)32-20(24,25)26)9-31-14-7-4-11(15(27)33)8-13(14)19(21,22)23/h2-8H,9H2,1H3,(H2,27,33)(H2,28,34)(H,29,30). The van der Waals surface area contributed by atoms with Crippen molar-refractivity contribution in [3.8, 4) is 11.5 Å². The van der Waals surface area contributed by atoms with Crippen LogP contribution in [0.4, 0.5) is 26.3 Å². The number of thiocarbonyl (C=S) groups is 2. The van der Waals surface area contributed by atoms with Crippen molar-refractivity contribution in [1.29, 1.82) is 0 Å². The molecule has 0 radical (unpaired) electrons. The molecule has 2 aromatic carbocycles. The van der Waals surface area contributed by atoms with Crippen LogP contribution in [0.15, 0.2) is 42.5 Å². The number of halogens is 6. The largest absolute Gasteiger partial charge is 0.573 e. The minimum Gasteiger partial charge on any atom is -0.490 e. The zero-order valence-electron chi connectivity index (χ0n) is 17.2. The average Bonchev–Trinajstić information content (AvgIpc) is 2.70. The Balaban J connectivity index is 2.22. The molecule has 0 bridgehead atoms. The van der Waals surface area contributed by atoms with Gasteiger partial charge in [-0.2, -0.15) is 13.2 Å². The summed E-state index contributed by atoms with van der Waals surface area (Å²) in [5, 5.41) is 2.42. The van der Waals surface area contributed by atoms with Crippen molar-refractivity contribution < 1.29 is 40.6 Å². The molecule has 5 N–H and O–H groups in total. The van der Waals surface area contributed by atoms with Crippen LogP contribution in [0, 0.1) is 0 Å². The van der Waals surface area contributed by atoms with E-state index in [4.69, 9.17) is 40.6 Å². The zero-order chi connectivity index (χ0) is 25.9. The molecule has 0 heterocycles. The predicted octanol–water partition coefficient (Wildman–Crippen LogP) is 4.09. The number of ether oxygens (including phenoxy) is 2. The van der Waals surface area contributed by atoms with Crippen LogP contribution in [0.2, 0.25) is 0 Å². The highest BCUT2D eigenvalue weighted by Gasteiger charge is 2.37. The second kappa shape index (κ2) is 10.0. The number of hydrogen-bond acceptors (Lipinski definition) is 5. The summed E-state index contributed by atoms with van der Waals surface area (Å²) in [5.74, 6) is -1.96. The summed E-state index contributed by atoms with van der Waals surface area (Å²) >= 11 is 9.64. The van der Waals surface area contributed by atoms with E-state index in [0.717, 1.165) is 36.4 Å². The summed E-state index contributed by atoms with van der Waals surface area (Å²) in [4.78, 5) is 12.0. The molecule has 0 saturated carbocycles. The number of hydrogen-bond donors (Lipinski definition) is 3. The second-order valence-electron chi connectivity index (χ2n) is 7.08. The van der Waals surface area contributed by atoms with Crippen LogP contribution < -0.4 is 26.3 Å². The Hall–Kier alpha value is -3.13. The van der Waals surface area contributed by atoms with Gasteiger partial charge in [0.25, 0.3) is 5.91 Å². The Bertz CT molecular complexity index is 1090. The molecule has 0 fully saturated rings. The van der Waals surface area contributed by atoms with Crippen molar-refractivity contribution in [3.63, 3.8) is 0 Å². The molecule has 14 heteroatoms. The van der Waals surface area contributed by atoms with Gasteiger partial charge in [0.15, 0.2) is 0 Å². The van der Waals surface area contributed by atoms with Gasteiger partial charge in [0.05, 0.1) is 5.56 Å². The van der Waals surface area contributed by atoms with Crippen LogP contribution in [0.3, 0.4) is 0 Å². The molecule has 0 aliphatic rings. The Labute approximate surface area is 200 Å². The highest BCUT2D eigenvalue weighted by atomic mass is 32.1. The first-order chi connectivity index (χ1) is 15.5. The third kappa shape index (κ3) is 7.18. The summed E-state index contributed by atoms with van der Waals surface area (Å²) in [6.45, 7) is 0.712. The number of carbonyl (C=O) groups is 1. The molecule has 0 aliphatic carbocycles. The van der Waals surface area contributed by atoms with E-state index in [-0.39, 0.29) is 21.1 Å². The van der Waals surface area contributed by atoms with Gasteiger partial charge in [-0.1, -0.05) is 24.4 Å². The van der Waals surface area contributed by atoms with Crippen LogP contribution in [-0.4, -0.2) is 34.4 Å². The maximum Gasteiger partial charge on any atom is 0.573 e. The van der Waals surface area contributed by atoms with Crippen molar-refractivity contribution in [3.05, 3.63) is 59.2 Å². The monoisotopic (exact) mass is 525 g/mol. The van der Waals surface area contributed by atoms with Crippen molar-refractivity contribution in [2.45, 2.75) is 25.0 Å². The van der Waals surface area contributed by atoms with Gasteiger partial charge in [-0.15, -0.1) is 13.2 Å². The Morgan fingerprint density at radius 2 is 1.53 bits per heavy atom. The number of nitrogens with one attached hydrogen (secondary N) is 1. The fraction of sp³-hybridized carbons (Fsp3) is 0.250. The van der Waals surface area contributed by atoms with E-state index in [1.54, 1.807) is 0 Å². The Morgan fingerprint density at radius 1 is 0.971 bits per heavy atom. The minimum atomic E-state index is -4.91. The molecule has 2 rings (SSSR count). The lowest BCUT2D eigenvalue weighted by Gasteiger charge is -2.30. The SMILES string of the molecule is CC(COc1ccc(C(N)=S)cc1C(F)(F)F)(NC(=O)c1ccc(OC(F)(F)F)cc1)C(N)=S. The lowest BCUT2D eigenvalue weighted by atomic mass is 10.0. The highest BCUT2D eigenvalue weighted by molar-refractivity contribution is 7.80. The Morgan fingerprint density at radius 3 is 2.00 bits per heavy atom. The topological polar surface area (TPSA) is 99.6 Å². The molecular formula is C20H17F6N3O3S2. The summed E-state index contributed by atoms with van der Waals surface area (Å²) in [6.07, 6.45) is -9.72. The molecule has 0 saturated heterocycles. The van der Waals surface area contributed by atoms with Gasteiger partial charge >= 0.3 is 12.5 Å². The number of benzene rings is 2. The van der Waals surface area contributed by atoms with Crippen LogP contribution in [0.5, 0.6) is 11.5 Å². The smallest absolute Gasteiger partial charge is 0.490 e. The number of alkyl halides is 6.